The molecule has 2 aromatic rings. The number of unbranched alkanes of at least 4 members (excludes halogenated alkanes) is 3. The molecule has 0 aliphatic heterocycles. The summed E-state index contributed by atoms with van der Waals surface area (Å²) in [6, 6.07) is 8.17. The topological polar surface area (TPSA) is 24.9 Å². The maximum absolute atomic E-state index is 13.9. The molecule has 1 heterocycles. The van der Waals surface area contributed by atoms with Crippen LogP contribution in [0.5, 0.6) is 0 Å². The Hall–Kier alpha value is -1.38. The third-order valence-corrected chi connectivity index (χ3v) is 4.05. The van der Waals surface area contributed by atoms with Crippen LogP contribution < -0.4 is 5.09 Å². The highest BCUT2D eigenvalue weighted by atomic mass is 31.0. The lowest BCUT2D eigenvalue weighted by atomic mass is 10.0. The predicted molar refractivity (Wildman–Crippen MR) is 93.0 cm³/mol. The fraction of sp³-hybridized carbons (Fsp3) is 0.389. The number of nitrogens with zero attached hydrogens (tertiary/aromatic N) is 1. The van der Waals surface area contributed by atoms with Crippen molar-refractivity contribution in [1.82, 2.24) is 10.1 Å². The first-order chi connectivity index (χ1) is 11.2. The maximum atomic E-state index is 13.9. The Morgan fingerprint density at radius 2 is 1.65 bits per heavy atom. The molecule has 1 N–H and O–H groups in total. The zero-order chi connectivity index (χ0) is 16.5. The van der Waals surface area contributed by atoms with Gasteiger partial charge in [-0.1, -0.05) is 34.4 Å². The second-order valence-corrected chi connectivity index (χ2v) is 6.10. The summed E-state index contributed by atoms with van der Waals surface area (Å²) in [5.41, 5.74) is 2.57. The van der Waals surface area contributed by atoms with Gasteiger partial charge >= 0.3 is 0 Å². The van der Waals surface area contributed by atoms with Crippen LogP contribution in [-0.2, 0) is 19.4 Å². The van der Waals surface area contributed by atoms with E-state index in [1.165, 1.54) is 23.8 Å². The molecule has 0 spiro atoms. The molecule has 0 amide bonds. The fourth-order valence-electron chi connectivity index (χ4n) is 2.53. The van der Waals surface area contributed by atoms with Crippen molar-refractivity contribution in [3.05, 3.63) is 65.0 Å². The van der Waals surface area contributed by atoms with Gasteiger partial charge < -0.3 is 0 Å². The third-order valence-electron chi connectivity index (χ3n) is 3.84. The first-order valence-electron chi connectivity index (χ1n) is 8.00. The van der Waals surface area contributed by atoms with E-state index in [1.807, 2.05) is 12.1 Å². The zero-order valence-electron chi connectivity index (χ0n) is 13.2. The Bertz CT molecular complexity index is 602. The predicted octanol–water partition coefficient (Wildman–Crippen LogP) is 4.59. The lowest BCUT2D eigenvalue weighted by molar-refractivity contribution is 0.583. The van der Waals surface area contributed by atoms with Crippen LogP contribution in [0, 0.1) is 11.6 Å². The van der Waals surface area contributed by atoms with E-state index in [1.54, 1.807) is 6.20 Å². The van der Waals surface area contributed by atoms with E-state index in [-0.39, 0.29) is 11.6 Å². The monoisotopic (exact) mass is 336 g/mol. The van der Waals surface area contributed by atoms with Crippen molar-refractivity contribution in [2.45, 2.75) is 45.1 Å². The van der Waals surface area contributed by atoms with Gasteiger partial charge in [0.1, 0.15) is 11.6 Å². The van der Waals surface area contributed by atoms with Crippen molar-refractivity contribution >= 4 is 9.39 Å². The second kappa shape index (κ2) is 9.69. The average Bonchev–Trinajstić information content (AvgIpc) is 2.54. The summed E-state index contributed by atoms with van der Waals surface area (Å²) in [5, 5.41) is 2.88. The van der Waals surface area contributed by atoms with E-state index in [4.69, 9.17) is 0 Å². The van der Waals surface area contributed by atoms with Crippen LogP contribution >= 0.6 is 9.39 Å². The van der Waals surface area contributed by atoms with Gasteiger partial charge in [-0.2, -0.15) is 0 Å². The van der Waals surface area contributed by atoms with E-state index >= 15 is 0 Å². The van der Waals surface area contributed by atoms with Gasteiger partial charge in [-0.05, 0) is 49.4 Å². The van der Waals surface area contributed by atoms with Crippen LogP contribution in [0.25, 0.3) is 0 Å². The van der Waals surface area contributed by atoms with Crippen LogP contribution in [0.3, 0.4) is 0 Å². The average molecular weight is 336 g/mol. The van der Waals surface area contributed by atoms with E-state index < -0.39 is 0 Å². The molecule has 2 nitrogen and oxygen atoms in total. The van der Waals surface area contributed by atoms with Gasteiger partial charge in [0.2, 0.25) is 0 Å². The minimum atomic E-state index is -0.191. The largest absolute Gasteiger partial charge is 0.295 e. The molecule has 0 radical (unpaired) electrons. The molecule has 0 saturated carbocycles. The highest BCUT2D eigenvalue weighted by Crippen LogP contribution is 2.14. The molecule has 124 valence electrons. The summed E-state index contributed by atoms with van der Waals surface area (Å²) in [6.07, 6.45) is 7.54. The van der Waals surface area contributed by atoms with Crippen LogP contribution in [0.2, 0.25) is 0 Å². The number of rotatable bonds is 9. The quantitative estimate of drug-likeness (QED) is 0.535. The highest BCUT2D eigenvalue weighted by Gasteiger charge is 2.04. The summed E-state index contributed by atoms with van der Waals surface area (Å²) in [7, 11) is 2.38. The standard InChI is InChI=1S/C18H23F2N2P/c19-16-9-7-14(8-10-16)5-3-1-2-4-6-15-12-21-17(13-22-23)11-18(15)20/h7-12,22H,1-6,13,23H2. The number of hydrogen-bond donors (Lipinski definition) is 1. The van der Waals surface area contributed by atoms with Gasteiger partial charge in [-0.25, -0.2) is 8.78 Å². The first-order valence-corrected chi connectivity index (χ1v) is 8.58. The number of benzene rings is 1. The number of hydrogen-bond acceptors (Lipinski definition) is 2. The molecule has 1 atom stereocenters. The number of halogens is 2. The molecule has 0 saturated heterocycles. The Morgan fingerprint density at radius 3 is 2.30 bits per heavy atom. The molecule has 0 aliphatic rings. The van der Waals surface area contributed by atoms with Crippen LogP contribution in [0.4, 0.5) is 8.78 Å². The van der Waals surface area contributed by atoms with Gasteiger partial charge in [-0.3, -0.25) is 10.1 Å². The molecule has 5 heteroatoms. The summed E-state index contributed by atoms with van der Waals surface area (Å²) in [5.74, 6) is -0.356. The van der Waals surface area contributed by atoms with Crippen molar-refractivity contribution in [2.75, 3.05) is 0 Å². The molecule has 0 fully saturated rings. The van der Waals surface area contributed by atoms with E-state index in [9.17, 15) is 8.78 Å². The Kier molecular flexibility index (Phi) is 7.57. The summed E-state index contributed by atoms with van der Waals surface area (Å²) in [4.78, 5) is 4.24. The van der Waals surface area contributed by atoms with Gasteiger partial charge in [-0.15, -0.1) is 0 Å². The van der Waals surface area contributed by atoms with Crippen molar-refractivity contribution in [1.29, 1.82) is 0 Å². The maximum Gasteiger partial charge on any atom is 0.129 e. The van der Waals surface area contributed by atoms with Crippen molar-refractivity contribution in [3.8, 4) is 0 Å². The molecule has 1 aromatic carbocycles. The Labute approximate surface area is 139 Å². The smallest absolute Gasteiger partial charge is 0.129 e. The molecule has 23 heavy (non-hydrogen) atoms. The molecule has 2 rings (SSSR count). The van der Waals surface area contributed by atoms with Crippen molar-refractivity contribution < 1.29 is 8.78 Å². The van der Waals surface area contributed by atoms with Gasteiger partial charge in [0.25, 0.3) is 0 Å². The normalized spacial score (nSPS) is 10.9. The van der Waals surface area contributed by atoms with Crippen LogP contribution in [-0.4, -0.2) is 4.98 Å². The fourth-order valence-corrected chi connectivity index (χ4v) is 2.74. The van der Waals surface area contributed by atoms with Crippen LogP contribution in [0.15, 0.2) is 36.5 Å². The zero-order valence-corrected chi connectivity index (χ0v) is 14.3. The SMILES string of the molecule is Fc1ccc(CCCCCCc2cnc(CNP)cc2F)cc1. The summed E-state index contributed by atoms with van der Waals surface area (Å²) >= 11 is 0. The van der Waals surface area contributed by atoms with Gasteiger partial charge in [0.15, 0.2) is 0 Å². The van der Waals surface area contributed by atoms with Crippen molar-refractivity contribution in [3.63, 3.8) is 0 Å². The number of aromatic nitrogens is 1. The van der Waals surface area contributed by atoms with Crippen LogP contribution in [0.1, 0.15) is 42.5 Å². The van der Waals surface area contributed by atoms with E-state index in [0.717, 1.165) is 38.5 Å². The molecule has 0 bridgehead atoms. The van der Waals surface area contributed by atoms with E-state index in [0.29, 0.717) is 17.8 Å². The molecule has 1 aromatic heterocycles. The number of pyridine rings is 1. The third kappa shape index (κ3) is 6.32. The summed E-state index contributed by atoms with van der Waals surface area (Å²) < 4.78 is 26.7. The van der Waals surface area contributed by atoms with E-state index in [2.05, 4.69) is 19.5 Å². The Morgan fingerprint density at radius 1 is 0.957 bits per heavy atom. The number of nitrogens with one attached hydrogen (secondary N) is 1. The van der Waals surface area contributed by atoms with Gasteiger partial charge in [0.05, 0.1) is 5.69 Å². The lowest BCUT2D eigenvalue weighted by Gasteiger charge is -2.06. The highest BCUT2D eigenvalue weighted by molar-refractivity contribution is 7.13. The Balaban J connectivity index is 1.64. The second-order valence-electron chi connectivity index (χ2n) is 5.69. The minimum Gasteiger partial charge on any atom is -0.295 e. The molecular formula is C18H23F2N2P. The lowest BCUT2D eigenvalue weighted by Crippen LogP contribution is -2.03. The molecule has 0 aliphatic carbocycles. The van der Waals surface area contributed by atoms with Crippen molar-refractivity contribution in [2.24, 2.45) is 0 Å². The molecule has 1 unspecified atom stereocenters. The van der Waals surface area contributed by atoms with Gasteiger partial charge in [0, 0.05) is 18.3 Å². The minimum absolute atomic E-state index is 0.165. The number of aryl methyl sites for hydroxylation is 2. The first kappa shape index (κ1) is 18.0. The molecular weight excluding hydrogens is 313 g/mol. The summed E-state index contributed by atoms with van der Waals surface area (Å²) in [6.45, 7) is 0.547.